The molecule has 0 bridgehead atoms. The van der Waals surface area contributed by atoms with Crippen molar-refractivity contribution in [3.8, 4) is 0 Å². The monoisotopic (exact) mass is 319 g/mol. The Kier molecular flexibility index (Phi) is 5.16. The van der Waals surface area contributed by atoms with Gasteiger partial charge in [0.25, 0.3) is 10.1 Å². The fourth-order valence-electron chi connectivity index (χ4n) is 3.16. The van der Waals surface area contributed by atoms with Gasteiger partial charge in [0.05, 0.1) is 11.2 Å². The molecule has 21 heavy (non-hydrogen) atoms. The maximum atomic E-state index is 12.7. The average molecular weight is 319 g/mol. The van der Waals surface area contributed by atoms with Gasteiger partial charge in [0.15, 0.2) is 0 Å². The minimum Gasteiger partial charge on any atom is -0.354 e. The summed E-state index contributed by atoms with van der Waals surface area (Å²) < 4.78 is 30.3. The maximum absolute atomic E-state index is 12.7. The summed E-state index contributed by atoms with van der Waals surface area (Å²) in [5.74, 6) is -0.518. The van der Waals surface area contributed by atoms with E-state index in [1.165, 1.54) is 0 Å². The smallest absolute Gasteiger partial charge is 0.266 e. The number of rotatable bonds is 7. The predicted molar refractivity (Wildman–Crippen MR) is 83.6 cm³/mol. The summed E-state index contributed by atoms with van der Waals surface area (Å²) in [5.41, 5.74) is -0.453. The maximum Gasteiger partial charge on any atom is 0.266 e. The van der Waals surface area contributed by atoms with Crippen LogP contribution in [0.3, 0.4) is 0 Å². The molecule has 6 heteroatoms. The largest absolute Gasteiger partial charge is 0.354 e. The Morgan fingerprint density at radius 1 is 1.29 bits per heavy atom. The zero-order chi connectivity index (χ0) is 16.5. The Bertz CT molecular complexity index is 496. The standard InChI is InChI=1S/C15H29NO4S/c1-6-13(2,3)11-15(8-7-14(15,4)5)12(17)16-9-10-21(18,19)20/h6-11H2,1-5H3,(H,16,17)(H,18,19,20). The zero-order valence-electron chi connectivity index (χ0n) is 13.8. The van der Waals surface area contributed by atoms with Crippen molar-refractivity contribution in [2.45, 2.75) is 60.3 Å². The lowest BCUT2D eigenvalue weighted by molar-refractivity contribution is -0.157. The highest BCUT2D eigenvalue weighted by Crippen LogP contribution is 2.61. The van der Waals surface area contributed by atoms with Gasteiger partial charge in [-0.2, -0.15) is 8.42 Å². The molecule has 1 amide bonds. The van der Waals surface area contributed by atoms with Crippen LogP contribution in [-0.2, 0) is 14.9 Å². The SMILES string of the molecule is CCC(C)(C)CC1(C(=O)NCCS(=O)(=O)O)CCC1(C)C. The molecule has 2 N–H and O–H groups in total. The molecular formula is C15H29NO4S. The highest BCUT2D eigenvalue weighted by molar-refractivity contribution is 7.85. The molecule has 1 fully saturated rings. The van der Waals surface area contributed by atoms with Crippen molar-refractivity contribution in [1.29, 1.82) is 0 Å². The van der Waals surface area contributed by atoms with Crippen LogP contribution in [0.15, 0.2) is 0 Å². The summed E-state index contributed by atoms with van der Waals surface area (Å²) in [5, 5.41) is 2.71. The van der Waals surface area contributed by atoms with Gasteiger partial charge in [0, 0.05) is 6.54 Å². The van der Waals surface area contributed by atoms with Crippen LogP contribution in [-0.4, -0.2) is 31.2 Å². The molecule has 1 atom stereocenters. The molecule has 0 spiro atoms. The van der Waals surface area contributed by atoms with Crippen molar-refractivity contribution in [2.24, 2.45) is 16.2 Å². The summed E-state index contributed by atoms with van der Waals surface area (Å²) in [4.78, 5) is 12.7. The molecule has 0 radical (unpaired) electrons. The van der Waals surface area contributed by atoms with E-state index in [2.05, 4.69) is 39.9 Å². The third kappa shape index (κ3) is 4.19. The minimum absolute atomic E-state index is 0.0396. The molecule has 1 aliphatic rings. The van der Waals surface area contributed by atoms with Crippen LogP contribution in [0.4, 0.5) is 0 Å². The summed E-state index contributed by atoms with van der Waals surface area (Å²) in [7, 11) is -4.04. The molecule has 124 valence electrons. The van der Waals surface area contributed by atoms with Crippen LogP contribution in [0.2, 0.25) is 0 Å². The van der Waals surface area contributed by atoms with Crippen molar-refractivity contribution in [2.75, 3.05) is 12.3 Å². The second kappa shape index (κ2) is 5.88. The fourth-order valence-corrected chi connectivity index (χ4v) is 3.52. The van der Waals surface area contributed by atoms with Crippen LogP contribution in [0.1, 0.15) is 60.3 Å². The molecule has 1 rings (SSSR count). The molecular weight excluding hydrogens is 290 g/mol. The topological polar surface area (TPSA) is 83.5 Å². The first-order valence-corrected chi connectivity index (χ1v) is 9.20. The molecule has 0 aromatic rings. The van der Waals surface area contributed by atoms with E-state index in [1.54, 1.807) is 0 Å². The first-order chi connectivity index (χ1) is 9.35. The lowest BCUT2D eigenvalue weighted by atomic mass is 9.46. The van der Waals surface area contributed by atoms with Crippen LogP contribution in [0.5, 0.6) is 0 Å². The van der Waals surface area contributed by atoms with E-state index >= 15 is 0 Å². The summed E-state index contributed by atoms with van der Waals surface area (Å²) in [6.07, 6.45) is 3.62. The number of nitrogens with one attached hydrogen (secondary N) is 1. The Morgan fingerprint density at radius 2 is 1.86 bits per heavy atom. The van der Waals surface area contributed by atoms with Crippen molar-refractivity contribution < 1.29 is 17.8 Å². The third-order valence-electron chi connectivity index (χ3n) is 5.29. The van der Waals surface area contributed by atoms with Gasteiger partial charge in [-0.1, -0.05) is 41.0 Å². The highest BCUT2D eigenvalue weighted by atomic mass is 32.2. The molecule has 1 aliphatic carbocycles. The molecule has 0 saturated heterocycles. The number of hydrogen-bond donors (Lipinski definition) is 2. The molecule has 5 nitrogen and oxygen atoms in total. The van der Waals surface area contributed by atoms with Gasteiger partial charge in [-0.05, 0) is 30.1 Å². The van der Waals surface area contributed by atoms with Crippen LogP contribution < -0.4 is 5.32 Å². The van der Waals surface area contributed by atoms with E-state index in [1.807, 2.05) is 0 Å². The quantitative estimate of drug-likeness (QED) is 0.707. The van der Waals surface area contributed by atoms with Crippen molar-refractivity contribution in [3.05, 3.63) is 0 Å². The van der Waals surface area contributed by atoms with Crippen molar-refractivity contribution in [3.63, 3.8) is 0 Å². The minimum atomic E-state index is -4.04. The predicted octanol–water partition coefficient (Wildman–Crippen LogP) is 2.62. The van der Waals surface area contributed by atoms with E-state index in [9.17, 15) is 13.2 Å². The second-order valence-corrected chi connectivity index (χ2v) is 9.27. The molecule has 0 heterocycles. The Balaban J connectivity index is 2.82. The lowest BCUT2D eigenvalue weighted by Gasteiger charge is -2.57. The third-order valence-corrected chi connectivity index (χ3v) is 6.01. The normalized spacial score (nSPS) is 25.2. The van der Waals surface area contributed by atoms with E-state index in [0.717, 1.165) is 25.7 Å². The van der Waals surface area contributed by atoms with E-state index in [-0.39, 0.29) is 23.3 Å². The molecule has 1 saturated carbocycles. The van der Waals surface area contributed by atoms with Gasteiger partial charge in [-0.3, -0.25) is 9.35 Å². The van der Waals surface area contributed by atoms with Gasteiger partial charge >= 0.3 is 0 Å². The molecule has 0 aromatic carbocycles. The number of carbonyl (C=O) groups excluding carboxylic acids is 1. The van der Waals surface area contributed by atoms with Crippen molar-refractivity contribution >= 4 is 16.0 Å². The van der Waals surface area contributed by atoms with Crippen LogP contribution in [0.25, 0.3) is 0 Å². The number of hydrogen-bond acceptors (Lipinski definition) is 3. The second-order valence-electron chi connectivity index (χ2n) is 7.70. The summed E-state index contributed by atoms with van der Waals surface area (Å²) in [6, 6.07) is 0. The first kappa shape index (κ1) is 18.4. The Hall–Kier alpha value is -0.620. The fraction of sp³-hybridized carbons (Fsp3) is 0.933. The molecule has 0 aromatic heterocycles. The van der Waals surface area contributed by atoms with Crippen LogP contribution in [0, 0.1) is 16.2 Å². The van der Waals surface area contributed by atoms with Crippen molar-refractivity contribution in [1.82, 2.24) is 5.32 Å². The van der Waals surface area contributed by atoms with Gasteiger partial charge < -0.3 is 5.32 Å². The van der Waals surface area contributed by atoms with Crippen LogP contribution >= 0.6 is 0 Å². The average Bonchev–Trinajstić information content (AvgIpc) is 2.33. The first-order valence-electron chi connectivity index (χ1n) is 7.59. The highest BCUT2D eigenvalue weighted by Gasteiger charge is 2.59. The lowest BCUT2D eigenvalue weighted by Crippen LogP contribution is -2.59. The molecule has 1 unspecified atom stereocenters. The Labute approximate surface area is 128 Å². The number of carbonyl (C=O) groups is 1. The van der Waals surface area contributed by atoms with Gasteiger partial charge in [-0.15, -0.1) is 0 Å². The molecule has 0 aliphatic heterocycles. The zero-order valence-corrected chi connectivity index (χ0v) is 14.6. The number of amides is 1. The van der Waals surface area contributed by atoms with Gasteiger partial charge in [0.1, 0.15) is 0 Å². The summed E-state index contributed by atoms with van der Waals surface area (Å²) in [6.45, 7) is 10.6. The van der Waals surface area contributed by atoms with E-state index in [0.29, 0.717) is 0 Å². The van der Waals surface area contributed by atoms with E-state index < -0.39 is 21.3 Å². The summed E-state index contributed by atoms with van der Waals surface area (Å²) >= 11 is 0. The van der Waals surface area contributed by atoms with E-state index in [4.69, 9.17) is 4.55 Å². The Morgan fingerprint density at radius 3 is 2.19 bits per heavy atom. The van der Waals surface area contributed by atoms with Gasteiger partial charge in [-0.25, -0.2) is 0 Å². The van der Waals surface area contributed by atoms with Gasteiger partial charge in [0.2, 0.25) is 5.91 Å².